The summed E-state index contributed by atoms with van der Waals surface area (Å²) in [5, 5.41) is 10.7. The maximum atomic E-state index is 13.1. The number of aliphatic hydroxyl groups is 1. The fourth-order valence-electron chi connectivity index (χ4n) is 3.30. The Morgan fingerprint density at radius 2 is 2.00 bits per heavy atom. The molecule has 0 unspecified atom stereocenters. The van der Waals surface area contributed by atoms with Crippen LogP contribution in [0.4, 0.5) is 4.39 Å². The number of hydrogen-bond donors (Lipinski definition) is 1. The fraction of sp³-hybridized carbons (Fsp3) is 0.647. The van der Waals surface area contributed by atoms with Crippen molar-refractivity contribution in [1.82, 2.24) is 0 Å². The van der Waals surface area contributed by atoms with Crippen LogP contribution in [-0.4, -0.2) is 10.7 Å². The van der Waals surface area contributed by atoms with Crippen LogP contribution < -0.4 is 0 Å². The van der Waals surface area contributed by atoms with E-state index in [0.29, 0.717) is 6.42 Å². The number of halogens is 1. The van der Waals surface area contributed by atoms with Crippen molar-refractivity contribution in [3.05, 3.63) is 35.1 Å². The normalized spacial score (nSPS) is 27.5. The van der Waals surface area contributed by atoms with E-state index in [9.17, 15) is 9.50 Å². The Morgan fingerprint density at radius 1 is 1.32 bits per heavy atom. The third kappa shape index (κ3) is 3.79. The Bertz CT molecular complexity index is 419. The molecule has 19 heavy (non-hydrogen) atoms. The van der Waals surface area contributed by atoms with Crippen molar-refractivity contribution < 1.29 is 9.50 Å². The summed E-state index contributed by atoms with van der Waals surface area (Å²) in [7, 11) is 0. The predicted molar refractivity (Wildman–Crippen MR) is 76.7 cm³/mol. The molecular formula is C17H25FO. The van der Waals surface area contributed by atoms with E-state index in [1.54, 1.807) is 6.07 Å². The highest BCUT2D eigenvalue weighted by Crippen LogP contribution is 2.36. The van der Waals surface area contributed by atoms with E-state index in [0.717, 1.165) is 42.7 Å². The first-order chi connectivity index (χ1) is 9.02. The van der Waals surface area contributed by atoms with Gasteiger partial charge in [0.15, 0.2) is 0 Å². The highest BCUT2D eigenvalue weighted by molar-refractivity contribution is 5.28. The Labute approximate surface area is 115 Å². The second-order valence-corrected chi connectivity index (χ2v) is 6.20. The van der Waals surface area contributed by atoms with Crippen molar-refractivity contribution in [2.24, 2.45) is 5.92 Å². The molecule has 1 aliphatic carbocycles. The van der Waals surface area contributed by atoms with Gasteiger partial charge < -0.3 is 5.11 Å². The summed E-state index contributed by atoms with van der Waals surface area (Å²) in [4.78, 5) is 0. The molecule has 2 rings (SSSR count). The Kier molecular flexibility index (Phi) is 4.62. The summed E-state index contributed by atoms with van der Waals surface area (Å²) in [5.41, 5.74) is 1.45. The average molecular weight is 264 g/mol. The quantitative estimate of drug-likeness (QED) is 0.854. The van der Waals surface area contributed by atoms with Gasteiger partial charge in [0.25, 0.3) is 0 Å². The largest absolute Gasteiger partial charge is 0.390 e. The van der Waals surface area contributed by atoms with E-state index in [1.807, 2.05) is 13.0 Å². The van der Waals surface area contributed by atoms with Crippen LogP contribution in [0.25, 0.3) is 0 Å². The topological polar surface area (TPSA) is 20.2 Å². The van der Waals surface area contributed by atoms with Crippen molar-refractivity contribution in [3.8, 4) is 0 Å². The molecule has 0 aromatic heterocycles. The molecule has 0 amide bonds. The summed E-state index contributed by atoms with van der Waals surface area (Å²) >= 11 is 0. The van der Waals surface area contributed by atoms with Gasteiger partial charge in [0.2, 0.25) is 0 Å². The molecule has 1 aliphatic rings. The first kappa shape index (κ1) is 14.5. The Hall–Kier alpha value is -0.890. The molecule has 1 saturated carbocycles. The standard InChI is InChI=1S/C17H25FO/c1-3-4-14-7-9-17(19,10-8-14)12-15-5-6-16(18)11-13(15)2/h5-6,11,14,19H,3-4,7-10,12H2,1-2H3. The van der Waals surface area contributed by atoms with Crippen LogP contribution >= 0.6 is 0 Å². The Morgan fingerprint density at radius 3 is 2.58 bits per heavy atom. The van der Waals surface area contributed by atoms with Gasteiger partial charge in [-0.15, -0.1) is 0 Å². The van der Waals surface area contributed by atoms with Crippen LogP contribution in [0.5, 0.6) is 0 Å². The molecule has 1 nitrogen and oxygen atoms in total. The predicted octanol–water partition coefficient (Wildman–Crippen LogP) is 4.40. The number of hydrogen-bond acceptors (Lipinski definition) is 1. The summed E-state index contributed by atoms with van der Waals surface area (Å²) in [5.74, 6) is 0.597. The monoisotopic (exact) mass is 264 g/mol. The maximum Gasteiger partial charge on any atom is 0.123 e. The van der Waals surface area contributed by atoms with E-state index in [-0.39, 0.29) is 5.82 Å². The van der Waals surface area contributed by atoms with E-state index in [2.05, 4.69) is 6.92 Å². The van der Waals surface area contributed by atoms with Gasteiger partial charge in [-0.1, -0.05) is 25.8 Å². The van der Waals surface area contributed by atoms with Gasteiger partial charge in [-0.05, 0) is 61.8 Å². The fourth-order valence-corrected chi connectivity index (χ4v) is 3.30. The van der Waals surface area contributed by atoms with Crippen LogP contribution in [0.15, 0.2) is 18.2 Å². The minimum absolute atomic E-state index is 0.195. The second-order valence-electron chi connectivity index (χ2n) is 6.20. The van der Waals surface area contributed by atoms with Gasteiger partial charge in [-0.2, -0.15) is 0 Å². The molecule has 2 heteroatoms. The molecular weight excluding hydrogens is 239 g/mol. The smallest absolute Gasteiger partial charge is 0.123 e. The van der Waals surface area contributed by atoms with Gasteiger partial charge in [0.05, 0.1) is 5.60 Å². The van der Waals surface area contributed by atoms with Gasteiger partial charge in [-0.3, -0.25) is 0 Å². The third-order valence-corrected chi connectivity index (χ3v) is 4.56. The van der Waals surface area contributed by atoms with Gasteiger partial charge >= 0.3 is 0 Å². The van der Waals surface area contributed by atoms with Crippen molar-refractivity contribution in [2.75, 3.05) is 0 Å². The lowest BCUT2D eigenvalue weighted by molar-refractivity contribution is -0.01000. The van der Waals surface area contributed by atoms with Gasteiger partial charge in [0, 0.05) is 6.42 Å². The highest BCUT2D eigenvalue weighted by atomic mass is 19.1. The maximum absolute atomic E-state index is 13.1. The minimum atomic E-state index is -0.577. The lowest BCUT2D eigenvalue weighted by atomic mass is 9.74. The second kappa shape index (κ2) is 6.04. The zero-order valence-corrected chi connectivity index (χ0v) is 12.1. The minimum Gasteiger partial charge on any atom is -0.390 e. The van der Waals surface area contributed by atoms with Crippen LogP contribution in [0.2, 0.25) is 0 Å². The molecule has 0 saturated heterocycles. The zero-order chi connectivity index (χ0) is 13.9. The molecule has 0 bridgehead atoms. The molecule has 1 aromatic carbocycles. The molecule has 1 N–H and O–H groups in total. The Balaban J connectivity index is 1.99. The molecule has 0 atom stereocenters. The van der Waals surface area contributed by atoms with Crippen LogP contribution in [0.3, 0.4) is 0 Å². The van der Waals surface area contributed by atoms with E-state index in [1.165, 1.54) is 18.9 Å². The molecule has 0 spiro atoms. The summed E-state index contributed by atoms with van der Waals surface area (Å²) in [6, 6.07) is 4.87. The van der Waals surface area contributed by atoms with Crippen molar-refractivity contribution in [2.45, 2.75) is 64.4 Å². The van der Waals surface area contributed by atoms with Crippen LogP contribution in [0.1, 0.15) is 56.6 Å². The molecule has 0 heterocycles. The molecule has 106 valence electrons. The SMILES string of the molecule is CCCC1CCC(O)(Cc2ccc(F)cc2C)CC1. The molecule has 1 fully saturated rings. The van der Waals surface area contributed by atoms with Crippen molar-refractivity contribution in [3.63, 3.8) is 0 Å². The first-order valence-corrected chi connectivity index (χ1v) is 7.50. The summed E-state index contributed by atoms with van der Waals surface area (Å²) < 4.78 is 13.1. The first-order valence-electron chi connectivity index (χ1n) is 7.50. The van der Waals surface area contributed by atoms with E-state index < -0.39 is 5.60 Å². The lowest BCUT2D eigenvalue weighted by Crippen LogP contribution is -2.36. The van der Waals surface area contributed by atoms with Gasteiger partial charge in [0.1, 0.15) is 5.82 Å². The summed E-state index contributed by atoms with van der Waals surface area (Å²) in [6.07, 6.45) is 7.21. The molecule has 1 aromatic rings. The lowest BCUT2D eigenvalue weighted by Gasteiger charge is -2.36. The summed E-state index contributed by atoms with van der Waals surface area (Å²) in [6.45, 7) is 4.15. The third-order valence-electron chi connectivity index (χ3n) is 4.56. The number of rotatable bonds is 4. The molecule has 0 aliphatic heterocycles. The van der Waals surface area contributed by atoms with Crippen molar-refractivity contribution in [1.29, 1.82) is 0 Å². The van der Waals surface area contributed by atoms with Crippen LogP contribution in [0, 0.1) is 18.7 Å². The average Bonchev–Trinajstić information content (AvgIpc) is 2.36. The number of benzene rings is 1. The van der Waals surface area contributed by atoms with E-state index in [4.69, 9.17) is 0 Å². The highest BCUT2D eigenvalue weighted by Gasteiger charge is 2.33. The van der Waals surface area contributed by atoms with Crippen molar-refractivity contribution >= 4 is 0 Å². The van der Waals surface area contributed by atoms with Crippen LogP contribution in [-0.2, 0) is 6.42 Å². The van der Waals surface area contributed by atoms with E-state index >= 15 is 0 Å². The van der Waals surface area contributed by atoms with Gasteiger partial charge in [-0.25, -0.2) is 4.39 Å². The zero-order valence-electron chi connectivity index (χ0n) is 12.1. The number of aryl methyl sites for hydroxylation is 1. The molecule has 0 radical (unpaired) electrons.